The van der Waals surface area contributed by atoms with Crippen molar-refractivity contribution in [1.82, 2.24) is 29.5 Å². The number of aryl methyl sites for hydroxylation is 2. The van der Waals surface area contributed by atoms with Gasteiger partial charge < -0.3 is 4.90 Å². The molecule has 7 heteroatoms. The second-order valence-corrected chi connectivity index (χ2v) is 6.93. The quantitative estimate of drug-likeness (QED) is 0.508. The van der Waals surface area contributed by atoms with Crippen LogP contribution < -0.4 is 0 Å². The fourth-order valence-corrected chi connectivity index (χ4v) is 3.15. The highest BCUT2D eigenvalue weighted by Crippen LogP contribution is 2.14. The van der Waals surface area contributed by atoms with Crippen molar-refractivity contribution in [3.8, 4) is 0 Å². The molecule has 0 spiro atoms. The zero-order valence-corrected chi connectivity index (χ0v) is 16.5. The minimum Gasteiger partial charge on any atom is -0.327 e. The Morgan fingerprint density at radius 2 is 1.76 bits per heavy atom. The van der Waals surface area contributed by atoms with Gasteiger partial charge in [-0.05, 0) is 42.2 Å². The van der Waals surface area contributed by atoms with Gasteiger partial charge in [-0.15, -0.1) is 5.10 Å². The lowest BCUT2D eigenvalue weighted by molar-refractivity contribution is 0.0717. The first-order valence-electron chi connectivity index (χ1n) is 9.58. The number of hydrogen-bond acceptors (Lipinski definition) is 5. The van der Waals surface area contributed by atoms with E-state index in [-0.39, 0.29) is 11.7 Å². The molecule has 3 aromatic heterocycles. The summed E-state index contributed by atoms with van der Waals surface area (Å²) < 4.78 is 1.59. The second-order valence-electron chi connectivity index (χ2n) is 6.93. The summed E-state index contributed by atoms with van der Waals surface area (Å²) in [7, 11) is 0. The summed E-state index contributed by atoms with van der Waals surface area (Å²) >= 11 is 0. The van der Waals surface area contributed by atoms with Gasteiger partial charge in [0.1, 0.15) is 0 Å². The summed E-state index contributed by atoms with van der Waals surface area (Å²) in [5.41, 5.74) is 4.14. The van der Waals surface area contributed by atoms with E-state index in [2.05, 4.69) is 51.2 Å². The predicted molar refractivity (Wildman–Crippen MR) is 109 cm³/mol. The summed E-state index contributed by atoms with van der Waals surface area (Å²) in [5.74, 6) is 0.321. The number of amides is 1. The molecule has 3 heterocycles. The highest BCUT2D eigenvalue weighted by Gasteiger charge is 2.22. The van der Waals surface area contributed by atoms with Crippen LogP contribution in [-0.2, 0) is 19.5 Å². The Morgan fingerprint density at radius 1 is 1.00 bits per heavy atom. The predicted octanol–water partition coefficient (Wildman–Crippen LogP) is 3.23. The lowest BCUT2D eigenvalue weighted by Gasteiger charge is -2.21. The molecule has 0 unspecified atom stereocenters. The Morgan fingerprint density at radius 3 is 2.45 bits per heavy atom. The molecule has 0 atom stereocenters. The van der Waals surface area contributed by atoms with Gasteiger partial charge in [0.05, 0.1) is 0 Å². The van der Waals surface area contributed by atoms with E-state index < -0.39 is 0 Å². The van der Waals surface area contributed by atoms with Crippen LogP contribution in [0, 0.1) is 6.92 Å². The lowest BCUT2D eigenvalue weighted by Crippen LogP contribution is -2.31. The summed E-state index contributed by atoms with van der Waals surface area (Å²) in [6.07, 6.45) is 6.13. The highest BCUT2D eigenvalue weighted by molar-refractivity contribution is 5.90. The number of carbonyl (C=O) groups is 1. The minimum absolute atomic E-state index is 0.140. The highest BCUT2D eigenvalue weighted by atomic mass is 16.2. The number of hydrogen-bond donors (Lipinski definition) is 0. The van der Waals surface area contributed by atoms with Gasteiger partial charge in [0.15, 0.2) is 0 Å². The molecule has 0 bridgehead atoms. The van der Waals surface area contributed by atoms with E-state index in [0.29, 0.717) is 18.9 Å². The van der Waals surface area contributed by atoms with Gasteiger partial charge in [0, 0.05) is 37.4 Å². The SMILES string of the molecule is CCc1ccc(CN(Cc2cccnc2)C(=O)c2nc3nccc(C)n3n2)cc1. The normalized spacial score (nSPS) is 11.0. The molecule has 0 saturated carbocycles. The monoisotopic (exact) mass is 386 g/mol. The molecular formula is C22H22N6O. The van der Waals surface area contributed by atoms with E-state index in [1.807, 2.05) is 25.1 Å². The zero-order valence-electron chi connectivity index (χ0n) is 16.5. The molecule has 4 rings (SSSR count). The first-order valence-corrected chi connectivity index (χ1v) is 9.58. The molecule has 0 aliphatic heterocycles. The van der Waals surface area contributed by atoms with Crippen LogP contribution in [0.1, 0.15) is 39.9 Å². The molecule has 0 saturated heterocycles. The van der Waals surface area contributed by atoms with Crippen LogP contribution in [0.3, 0.4) is 0 Å². The maximum absolute atomic E-state index is 13.3. The maximum atomic E-state index is 13.3. The van der Waals surface area contributed by atoms with E-state index in [1.54, 1.807) is 28.0 Å². The van der Waals surface area contributed by atoms with Crippen LogP contribution in [0.15, 0.2) is 61.1 Å². The number of pyridine rings is 1. The third-order valence-corrected chi connectivity index (χ3v) is 4.81. The first-order chi connectivity index (χ1) is 14.1. The molecule has 1 aromatic carbocycles. The van der Waals surface area contributed by atoms with Gasteiger partial charge in [-0.2, -0.15) is 4.98 Å². The van der Waals surface area contributed by atoms with Crippen LogP contribution in [0.5, 0.6) is 0 Å². The Hall–Kier alpha value is -3.61. The molecule has 0 fully saturated rings. The summed E-state index contributed by atoms with van der Waals surface area (Å²) in [6.45, 7) is 4.91. The summed E-state index contributed by atoms with van der Waals surface area (Å²) in [6, 6.07) is 14.0. The van der Waals surface area contributed by atoms with Crippen LogP contribution >= 0.6 is 0 Å². The number of aromatic nitrogens is 5. The van der Waals surface area contributed by atoms with Crippen LogP contribution in [-0.4, -0.2) is 35.4 Å². The molecule has 0 aliphatic rings. The first kappa shape index (κ1) is 18.7. The van der Waals surface area contributed by atoms with Crippen molar-refractivity contribution in [1.29, 1.82) is 0 Å². The molecule has 29 heavy (non-hydrogen) atoms. The van der Waals surface area contributed by atoms with E-state index in [4.69, 9.17) is 0 Å². The standard InChI is InChI=1S/C22H22N6O/c1-3-17-6-8-18(9-7-17)14-27(15-19-5-4-11-23-13-19)21(29)20-25-22-24-12-10-16(2)28(22)26-20/h4-13H,3,14-15H2,1-2H3. The Bertz CT molecular complexity index is 1120. The fourth-order valence-electron chi connectivity index (χ4n) is 3.15. The largest absolute Gasteiger partial charge is 0.327 e. The van der Waals surface area contributed by atoms with E-state index in [0.717, 1.165) is 23.2 Å². The average Bonchev–Trinajstić information content (AvgIpc) is 3.20. The van der Waals surface area contributed by atoms with Gasteiger partial charge in [0.2, 0.25) is 5.82 Å². The van der Waals surface area contributed by atoms with Gasteiger partial charge in [-0.25, -0.2) is 9.50 Å². The Balaban J connectivity index is 1.65. The van der Waals surface area contributed by atoms with Crippen LogP contribution in [0.4, 0.5) is 0 Å². The van der Waals surface area contributed by atoms with Gasteiger partial charge >= 0.3 is 0 Å². The van der Waals surface area contributed by atoms with E-state index in [1.165, 1.54) is 5.56 Å². The van der Waals surface area contributed by atoms with Gasteiger partial charge in [-0.1, -0.05) is 37.3 Å². The molecule has 1 amide bonds. The van der Waals surface area contributed by atoms with Crippen molar-refractivity contribution in [2.45, 2.75) is 33.4 Å². The number of carbonyl (C=O) groups excluding carboxylic acids is 1. The molecule has 0 radical (unpaired) electrons. The molecule has 4 aromatic rings. The summed E-state index contributed by atoms with van der Waals surface area (Å²) in [4.78, 5) is 27.7. The van der Waals surface area contributed by atoms with Crippen LogP contribution in [0.2, 0.25) is 0 Å². The molecule has 0 aliphatic carbocycles. The maximum Gasteiger partial charge on any atom is 0.294 e. The minimum atomic E-state index is -0.238. The zero-order chi connectivity index (χ0) is 20.2. The van der Waals surface area contributed by atoms with Gasteiger partial charge in [0.25, 0.3) is 11.7 Å². The third kappa shape index (κ3) is 4.13. The number of nitrogens with zero attached hydrogens (tertiary/aromatic N) is 6. The number of fused-ring (bicyclic) bond motifs is 1. The van der Waals surface area contributed by atoms with Crippen molar-refractivity contribution >= 4 is 11.7 Å². The second kappa shape index (κ2) is 8.18. The van der Waals surface area contributed by atoms with Gasteiger partial charge in [-0.3, -0.25) is 9.78 Å². The molecule has 0 N–H and O–H groups in total. The number of benzene rings is 1. The molecule has 7 nitrogen and oxygen atoms in total. The van der Waals surface area contributed by atoms with E-state index in [9.17, 15) is 4.79 Å². The summed E-state index contributed by atoms with van der Waals surface area (Å²) in [5, 5.41) is 4.38. The Kier molecular flexibility index (Phi) is 5.29. The fraction of sp³-hybridized carbons (Fsp3) is 0.227. The van der Waals surface area contributed by atoms with E-state index >= 15 is 0 Å². The lowest BCUT2D eigenvalue weighted by atomic mass is 10.1. The van der Waals surface area contributed by atoms with Crippen molar-refractivity contribution in [2.75, 3.05) is 0 Å². The Labute approximate surface area is 169 Å². The van der Waals surface area contributed by atoms with Crippen LogP contribution in [0.25, 0.3) is 5.78 Å². The molecule has 146 valence electrons. The average molecular weight is 386 g/mol. The van der Waals surface area contributed by atoms with Crippen molar-refractivity contribution in [2.24, 2.45) is 0 Å². The number of rotatable bonds is 6. The van der Waals surface area contributed by atoms with Crippen molar-refractivity contribution in [3.63, 3.8) is 0 Å². The van der Waals surface area contributed by atoms with Crippen molar-refractivity contribution < 1.29 is 4.79 Å². The topological polar surface area (TPSA) is 76.3 Å². The third-order valence-electron chi connectivity index (χ3n) is 4.81. The smallest absolute Gasteiger partial charge is 0.294 e. The molecular weight excluding hydrogens is 364 g/mol. The van der Waals surface area contributed by atoms with Crippen molar-refractivity contribution in [3.05, 3.63) is 89.3 Å².